The van der Waals surface area contributed by atoms with Crippen molar-refractivity contribution in [3.63, 3.8) is 0 Å². The molecule has 0 atom stereocenters. The minimum Gasteiger partial charge on any atom is -0.508 e. The van der Waals surface area contributed by atoms with Gasteiger partial charge in [-0.25, -0.2) is 0 Å². The Kier molecular flexibility index (Phi) is 4.63. The Morgan fingerprint density at radius 2 is 1.50 bits per heavy atom. The molecule has 1 N–H and O–H groups in total. The molecule has 2 aromatic carbocycles. The number of ketones is 1. The lowest BCUT2D eigenvalue weighted by atomic mass is 9.77. The predicted molar refractivity (Wildman–Crippen MR) is 101 cm³/mol. The average molecular weight is 324 g/mol. The summed E-state index contributed by atoms with van der Waals surface area (Å²) in [5.41, 5.74) is 4.93. The van der Waals surface area contributed by atoms with E-state index in [4.69, 9.17) is 0 Å². The van der Waals surface area contributed by atoms with Crippen LogP contribution < -0.4 is 0 Å². The lowest BCUT2D eigenvalue weighted by molar-refractivity contribution is 0.101. The second kappa shape index (κ2) is 6.08. The summed E-state index contributed by atoms with van der Waals surface area (Å²) >= 11 is 0. The van der Waals surface area contributed by atoms with Gasteiger partial charge in [-0.3, -0.25) is 4.79 Å². The number of rotatable bonds is 2. The second-order valence-electron chi connectivity index (χ2n) is 8.59. The van der Waals surface area contributed by atoms with Crippen molar-refractivity contribution < 1.29 is 9.90 Å². The van der Waals surface area contributed by atoms with E-state index in [1.165, 1.54) is 24.1 Å². The lowest BCUT2D eigenvalue weighted by Gasteiger charge is -2.27. The Morgan fingerprint density at radius 3 is 2.00 bits per heavy atom. The SMILES string of the molecule is CC(=O)c1cc(O)cc(-c2cc(C(C)(C)C)ccc2C(C)(C)C)c1. The Hall–Kier alpha value is -2.09. The van der Waals surface area contributed by atoms with Gasteiger partial charge < -0.3 is 5.11 Å². The van der Waals surface area contributed by atoms with E-state index in [1.54, 1.807) is 6.07 Å². The van der Waals surface area contributed by atoms with Crippen molar-refractivity contribution in [3.8, 4) is 16.9 Å². The number of aromatic hydroxyl groups is 1. The maximum absolute atomic E-state index is 11.8. The van der Waals surface area contributed by atoms with Gasteiger partial charge in [0.2, 0.25) is 0 Å². The highest BCUT2D eigenvalue weighted by atomic mass is 16.3. The topological polar surface area (TPSA) is 37.3 Å². The number of phenolic OH excluding ortho intramolecular Hbond substituents is 1. The first-order valence-corrected chi connectivity index (χ1v) is 8.40. The number of benzene rings is 2. The Balaban J connectivity index is 2.78. The van der Waals surface area contributed by atoms with E-state index in [2.05, 4.69) is 59.7 Å². The third-order valence-corrected chi connectivity index (χ3v) is 4.33. The maximum atomic E-state index is 11.8. The molecule has 24 heavy (non-hydrogen) atoms. The lowest BCUT2D eigenvalue weighted by Crippen LogP contribution is -2.16. The van der Waals surface area contributed by atoms with E-state index in [-0.39, 0.29) is 22.4 Å². The molecule has 2 nitrogen and oxygen atoms in total. The molecule has 0 radical (unpaired) electrons. The highest BCUT2D eigenvalue weighted by Crippen LogP contribution is 2.37. The molecule has 0 aliphatic rings. The normalized spacial score (nSPS) is 12.3. The first-order valence-electron chi connectivity index (χ1n) is 8.40. The molecule has 2 rings (SSSR count). The number of carbonyl (C=O) groups excluding carboxylic acids is 1. The number of carbonyl (C=O) groups is 1. The summed E-state index contributed by atoms with van der Waals surface area (Å²) in [5.74, 6) is 0.0788. The third kappa shape index (κ3) is 3.87. The van der Waals surface area contributed by atoms with Crippen LogP contribution in [0.15, 0.2) is 36.4 Å². The summed E-state index contributed by atoms with van der Waals surface area (Å²) in [5, 5.41) is 10.1. The van der Waals surface area contributed by atoms with Crippen LogP contribution in [0.4, 0.5) is 0 Å². The van der Waals surface area contributed by atoms with Crippen LogP contribution in [0.5, 0.6) is 5.75 Å². The zero-order valence-corrected chi connectivity index (χ0v) is 15.8. The quantitative estimate of drug-likeness (QED) is 0.703. The fraction of sp³-hybridized carbons (Fsp3) is 0.409. The van der Waals surface area contributed by atoms with Crippen molar-refractivity contribution >= 4 is 5.78 Å². The van der Waals surface area contributed by atoms with Gasteiger partial charge in [-0.15, -0.1) is 0 Å². The Labute approximate surface area is 145 Å². The van der Waals surface area contributed by atoms with Crippen LogP contribution >= 0.6 is 0 Å². The number of hydrogen-bond acceptors (Lipinski definition) is 2. The van der Waals surface area contributed by atoms with E-state index in [0.29, 0.717) is 5.56 Å². The van der Waals surface area contributed by atoms with Crippen molar-refractivity contribution in [3.05, 3.63) is 53.1 Å². The smallest absolute Gasteiger partial charge is 0.159 e. The largest absolute Gasteiger partial charge is 0.508 e. The summed E-state index contributed by atoms with van der Waals surface area (Å²) in [6.07, 6.45) is 0. The standard InChI is InChI=1S/C22H28O2/c1-14(23)15-10-16(12-18(24)11-15)19-13-17(21(2,3)4)8-9-20(19)22(5,6)7/h8-13,24H,1-7H3. The number of Topliss-reactive ketones (excluding diaryl/α,β-unsaturated/α-hetero) is 1. The molecule has 0 aliphatic carbocycles. The van der Waals surface area contributed by atoms with E-state index < -0.39 is 0 Å². The van der Waals surface area contributed by atoms with Gasteiger partial charge in [-0.1, -0.05) is 59.7 Å². The van der Waals surface area contributed by atoms with Gasteiger partial charge in [-0.05, 0) is 58.2 Å². The summed E-state index contributed by atoms with van der Waals surface area (Å²) < 4.78 is 0. The zero-order valence-electron chi connectivity index (χ0n) is 15.8. The van der Waals surface area contributed by atoms with Crippen molar-refractivity contribution in [1.29, 1.82) is 0 Å². The Morgan fingerprint density at radius 1 is 0.875 bits per heavy atom. The van der Waals surface area contributed by atoms with Gasteiger partial charge in [0.25, 0.3) is 0 Å². The first kappa shape index (κ1) is 18.3. The van der Waals surface area contributed by atoms with Gasteiger partial charge in [0.1, 0.15) is 5.75 Å². The van der Waals surface area contributed by atoms with E-state index in [1.807, 2.05) is 6.07 Å². The summed E-state index contributed by atoms with van der Waals surface area (Å²) in [6.45, 7) is 14.6. The van der Waals surface area contributed by atoms with E-state index >= 15 is 0 Å². The van der Waals surface area contributed by atoms with Crippen molar-refractivity contribution in [1.82, 2.24) is 0 Å². The van der Waals surface area contributed by atoms with Crippen LogP contribution in [-0.4, -0.2) is 10.9 Å². The first-order chi connectivity index (χ1) is 10.9. The molecule has 2 heteroatoms. The molecule has 0 unspecified atom stereocenters. The molecule has 0 spiro atoms. The summed E-state index contributed by atoms with van der Waals surface area (Å²) in [4.78, 5) is 11.8. The molecule has 0 saturated heterocycles. The molecular formula is C22H28O2. The molecule has 0 amide bonds. The molecule has 0 heterocycles. The maximum Gasteiger partial charge on any atom is 0.159 e. The zero-order chi connectivity index (χ0) is 18.3. The summed E-state index contributed by atoms with van der Waals surface area (Å²) in [6, 6.07) is 11.7. The molecule has 2 aromatic rings. The fourth-order valence-electron chi connectivity index (χ4n) is 2.87. The minimum absolute atomic E-state index is 0.0331. The van der Waals surface area contributed by atoms with Crippen LogP contribution in [0.3, 0.4) is 0 Å². The molecule has 0 fully saturated rings. The van der Waals surface area contributed by atoms with Gasteiger partial charge in [0.15, 0.2) is 5.78 Å². The van der Waals surface area contributed by atoms with Crippen LogP contribution in [0, 0.1) is 0 Å². The third-order valence-electron chi connectivity index (χ3n) is 4.33. The molecular weight excluding hydrogens is 296 g/mol. The second-order valence-corrected chi connectivity index (χ2v) is 8.59. The van der Waals surface area contributed by atoms with Crippen molar-refractivity contribution in [2.75, 3.05) is 0 Å². The van der Waals surface area contributed by atoms with Crippen LogP contribution in [0.1, 0.15) is 70.0 Å². The van der Waals surface area contributed by atoms with Crippen LogP contribution in [0.2, 0.25) is 0 Å². The van der Waals surface area contributed by atoms with Gasteiger partial charge in [0, 0.05) is 5.56 Å². The molecule has 0 aromatic heterocycles. The minimum atomic E-state index is -0.0450. The molecule has 0 saturated carbocycles. The monoisotopic (exact) mass is 324 g/mol. The molecule has 128 valence electrons. The highest BCUT2D eigenvalue weighted by Gasteiger charge is 2.22. The summed E-state index contributed by atoms with van der Waals surface area (Å²) in [7, 11) is 0. The number of phenols is 1. The van der Waals surface area contributed by atoms with E-state index in [9.17, 15) is 9.90 Å². The van der Waals surface area contributed by atoms with Gasteiger partial charge in [0.05, 0.1) is 0 Å². The molecule has 0 aliphatic heterocycles. The van der Waals surface area contributed by atoms with Crippen LogP contribution in [0.25, 0.3) is 11.1 Å². The van der Waals surface area contributed by atoms with Crippen molar-refractivity contribution in [2.24, 2.45) is 0 Å². The average Bonchev–Trinajstić information content (AvgIpc) is 2.44. The van der Waals surface area contributed by atoms with Crippen LogP contribution in [-0.2, 0) is 10.8 Å². The van der Waals surface area contributed by atoms with Gasteiger partial charge in [-0.2, -0.15) is 0 Å². The Bertz CT molecular complexity index is 772. The molecule has 0 bridgehead atoms. The van der Waals surface area contributed by atoms with Gasteiger partial charge >= 0.3 is 0 Å². The van der Waals surface area contributed by atoms with Crippen molar-refractivity contribution in [2.45, 2.75) is 59.3 Å². The van der Waals surface area contributed by atoms with E-state index in [0.717, 1.165) is 11.1 Å². The number of hydrogen-bond donors (Lipinski definition) is 1. The predicted octanol–water partition coefficient (Wildman–Crippen LogP) is 5.86. The highest BCUT2D eigenvalue weighted by molar-refractivity contribution is 5.96. The fourth-order valence-corrected chi connectivity index (χ4v) is 2.87.